The van der Waals surface area contributed by atoms with E-state index in [9.17, 15) is 0 Å². The summed E-state index contributed by atoms with van der Waals surface area (Å²) in [6, 6.07) is 10.4. The van der Waals surface area contributed by atoms with Crippen molar-refractivity contribution in [1.82, 2.24) is 25.0 Å². The van der Waals surface area contributed by atoms with Crippen molar-refractivity contribution in [1.29, 1.82) is 0 Å². The number of guanidine groups is 1. The Morgan fingerprint density at radius 3 is 2.75 bits per heavy atom. The largest absolute Gasteiger partial charge is 0.376 e. The van der Waals surface area contributed by atoms with Crippen LogP contribution in [0.5, 0.6) is 0 Å². The summed E-state index contributed by atoms with van der Waals surface area (Å²) in [5.41, 5.74) is 1.23. The van der Waals surface area contributed by atoms with Crippen molar-refractivity contribution in [3.05, 3.63) is 48.5 Å². The molecule has 0 spiro atoms. The minimum atomic E-state index is 0. The van der Waals surface area contributed by atoms with Crippen molar-refractivity contribution in [2.45, 2.75) is 32.4 Å². The van der Waals surface area contributed by atoms with Crippen LogP contribution in [0, 0.1) is 5.92 Å². The van der Waals surface area contributed by atoms with Gasteiger partial charge in [0.15, 0.2) is 5.96 Å². The highest BCUT2D eigenvalue weighted by atomic mass is 127. The third kappa shape index (κ3) is 7.38. The van der Waals surface area contributed by atoms with E-state index in [-0.39, 0.29) is 24.0 Å². The van der Waals surface area contributed by atoms with Gasteiger partial charge in [-0.3, -0.25) is 4.99 Å². The molecule has 1 N–H and O–H groups in total. The lowest BCUT2D eigenvalue weighted by molar-refractivity contribution is 0.0907. The van der Waals surface area contributed by atoms with Crippen LogP contribution in [0.3, 0.4) is 0 Å². The summed E-state index contributed by atoms with van der Waals surface area (Å²) in [5.74, 6) is 1.57. The summed E-state index contributed by atoms with van der Waals surface area (Å²) in [7, 11) is 1.86. The summed E-state index contributed by atoms with van der Waals surface area (Å²) in [5, 5.41) is 11.1. The number of benzene rings is 1. The molecule has 2 aromatic rings. The first-order chi connectivity index (χ1) is 13.3. The standard InChI is InChI=1S/C20H30N6O.HI/c1-21-20(22-10-5-6-11-25-16-23-24-17-25)26-12-9-19(13-26)15-27-14-18-7-3-2-4-8-18;/h2-4,7-8,16-17,19H,5-6,9-15H2,1H3,(H,21,22);1H. The molecule has 154 valence electrons. The number of ether oxygens (including phenoxy) is 1. The Kier molecular flexibility index (Phi) is 10.3. The van der Waals surface area contributed by atoms with E-state index in [0.717, 1.165) is 58.0 Å². The van der Waals surface area contributed by atoms with Gasteiger partial charge < -0.3 is 19.5 Å². The fourth-order valence-electron chi connectivity index (χ4n) is 3.37. The second-order valence-corrected chi connectivity index (χ2v) is 6.98. The quantitative estimate of drug-likeness (QED) is 0.249. The highest BCUT2D eigenvalue weighted by Crippen LogP contribution is 2.17. The van der Waals surface area contributed by atoms with Crippen LogP contribution in [0.1, 0.15) is 24.8 Å². The summed E-state index contributed by atoms with van der Waals surface area (Å²) in [4.78, 5) is 6.79. The Labute approximate surface area is 184 Å². The van der Waals surface area contributed by atoms with Gasteiger partial charge in [0, 0.05) is 39.1 Å². The number of nitrogens with zero attached hydrogens (tertiary/aromatic N) is 5. The fraction of sp³-hybridized carbons (Fsp3) is 0.550. The Balaban J connectivity index is 0.00000280. The van der Waals surface area contributed by atoms with E-state index in [1.807, 2.05) is 17.7 Å². The van der Waals surface area contributed by atoms with Gasteiger partial charge in [-0.1, -0.05) is 30.3 Å². The molecular weight excluding hydrogens is 467 g/mol. The summed E-state index contributed by atoms with van der Waals surface area (Å²) < 4.78 is 7.92. The zero-order chi connectivity index (χ0) is 18.7. The second kappa shape index (κ2) is 12.7. The van der Waals surface area contributed by atoms with Gasteiger partial charge in [-0.15, -0.1) is 34.2 Å². The number of unbranched alkanes of at least 4 members (excludes halogenated alkanes) is 1. The van der Waals surface area contributed by atoms with Gasteiger partial charge in [0.25, 0.3) is 0 Å². The minimum Gasteiger partial charge on any atom is -0.376 e. The third-order valence-electron chi connectivity index (χ3n) is 4.86. The number of nitrogens with one attached hydrogen (secondary N) is 1. The zero-order valence-corrected chi connectivity index (χ0v) is 18.9. The molecule has 1 aromatic heterocycles. The fourth-order valence-corrected chi connectivity index (χ4v) is 3.37. The van der Waals surface area contributed by atoms with E-state index in [1.165, 1.54) is 5.56 Å². The van der Waals surface area contributed by atoms with Gasteiger partial charge in [-0.2, -0.15) is 0 Å². The Hall–Kier alpha value is -1.68. The molecule has 1 aliphatic heterocycles. The SMILES string of the molecule is CN=C(NCCCCn1cnnc1)N1CCC(COCc2ccccc2)C1.I. The molecule has 1 aliphatic rings. The molecule has 7 nitrogen and oxygen atoms in total. The molecule has 1 aromatic carbocycles. The first-order valence-corrected chi connectivity index (χ1v) is 9.75. The van der Waals surface area contributed by atoms with Crippen LogP contribution in [0.15, 0.2) is 48.0 Å². The smallest absolute Gasteiger partial charge is 0.193 e. The van der Waals surface area contributed by atoms with Crippen molar-refractivity contribution >= 4 is 29.9 Å². The van der Waals surface area contributed by atoms with Gasteiger partial charge in [0.2, 0.25) is 0 Å². The Morgan fingerprint density at radius 1 is 1.21 bits per heavy atom. The summed E-state index contributed by atoms with van der Waals surface area (Å²) in [6.07, 6.45) is 6.86. The van der Waals surface area contributed by atoms with Crippen molar-refractivity contribution in [3.63, 3.8) is 0 Å². The van der Waals surface area contributed by atoms with Gasteiger partial charge in [0.1, 0.15) is 12.7 Å². The lowest BCUT2D eigenvalue weighted by Crippen LogP contribution is -2.40. The molecule has 0 amide bonds. The van der Waals surface area contributed by atoms with Gasteiger partial charge >= 0.3 is 0 Å². The first kappa shape index (κ1) is 22.6. The lowest BCUT2D eigenvalue weighted by Gasteiger charge is -2.21. The zero-order valence-electron chi connectivity index (χ0n) is 16.5. The van der Waals surface area contributed by atoms with Crippen molar-refractivity contribution in [3.8, 4) is 0 Å². The van der Waals surface area contributed by atoms with Crippen LogP contribution < -0.4 is 5.32 Å². The second-order valence-electron chi connectivity index (χ2n) is 6.98. The first-order valence-electron chi connectivity index (χ1n) is 9.75. The van der Waals surface area contributed by atoms with Gasteiger partial charge in [0.05, 0.1) is 13.2 Å². The number of hydrogen-bond acceptors (Lipinski definition) is 4. The molecule has 0 aliphatic carbocycles. The van der Waals surface area contributed by atoms with Crippen LogP contribution in [0.2, 0.25) is 0 Å². The van der Waals surface area contributed by atoms with Crippen LogP contribution >= 0.6 is 24.0 Å². The predicted molar refractivity (Wildman–Crippen MR) is 122 cm³/mol. The third-order valence-corrected chi connectivity index (χ3v) is 4.86. The number of aromatic nitrogens is 3. The highest BCUT2D eigenvalue weighted by Gasteiger charge is 2.24. The van der Waals surface area contributed by atoms with Crippen LogP contribution in [0.4, 0.5) is 0 Å². The molecule has 2 heterocycles. The maximum absolute atomic E-state index is 5.91. The number of likely N-dealkylation sites (tertiary alicyclic amines) is 1. The number of hydrogen-bond donors (Lipinski definition) is 1. The summed E-state index contributed by atoms with van der Waals surface area (Å²) in [6.45, 7) is 5.44. The Morgan fingerprint density at radius 2 is 2.00 bits per heavy atom. The average molecular weight is 498 g/mol. The molecular formula is C20H31IN6O. The number of aryl methyl sites for hydroxylation is 1. The van der Waals surface area contributed by atoms with E-state index in [0.29, 0.717) is 12.5 Å². The number of aliphatic imine (C=N–C) groups is 1. The Bertz CT molecular complexity index is 679. The normalized spacial score (nSPS) is 16.8. The van der Waals surface area contributed by atoms with Crippen molar-refractivity contribution in [2.75, 3.05) is 33.3 Å². The molecule has 0 saturated carbocycles. The van der Waals surface area contributed by atoms with E-state index in [4.69, 9.17) is 4.74 Å². The van der Waals surface area contributed by atoms with E-state index in [1.54, 1.807) is 12.7 Å². The molecule has 3 rings (SSSR count). The topological polar surface area (TPSA) is 67.6 Å². The van der Waals surface area contributed by atoms with E-state index < -0.39 is 0 Å². The van der Waals surface area contributed by atoms with Crippen molar-refractivity contribution in [2.24, 2.45) is 10.9 Å². The molecule has 0 bridgehead atoms. The molecule has 28 heavy (non-hydrogen) atoms. The summed E-state index contributed by atoms with van der Waals surface area (Å²) >= 11 is 0. The molecule has 1 fully saturated rings. The number of halogens is 1. The molecule has 1 unspecified atom stereocenters. The lowest BCUT2D eigenvalue weighted by atomic mass is 10.1. The maximum atomic E-state index is 5.91. The molecule has 1 saturated heterocycles. The van der Waals surface area contributed by atoms with Gasteiger partial charge in [-0.05, 0) is 24.8 Å². The molecule has 1 atom stereocenters. The van der Waals surface area contributed by atoms with E-state index >= 15 is 0 Å². The van der Waals surface area contributed by atoms with Gasteiger partial charge in [-0.25, -0.2) is 0 Å². The molecule has 8 heteroatoms. The molecule has 0 radical (unpaired) electrons. The van der Waals surface area contributed by atoms with Crippen LogP contribution in [-0.4, -0.2) is 58.9 Å². The predicted octanol–water partition coefficient (Wildman–Crippen LogP) is 2.79. The van der Waals surface area contributed by atoms with Crippen molar-refractivity contribution < 1.29 is 4.74 Å². The monoisotopic (exact) mass is 498 g/mol. The maximum Gasteiger partial charge on any atom is 0.193 e. The van der Waals surface area contributed by atoms with Crippen LogP contribution in [0.25, 0.3) is 0 Å². The van der Waals surface area contributed by atoms with Crippen LogP contribution in [-0.2, 0) is 17.9 Å². The number of rotatable bonds is 9. The highest BCUT2D eigenvalue weighted by molar-refractivity contribution is 14.0. The van der Waals surface area contributed by atoms with E-state index in [2.05, 4.69) is 49.7 Å². The minimum absolute atomic E-state index is 0. The average Bonchev–Trinajstić information content (AvgIpc) is 3.38.